The zero-order chi connectivity index (χ0) is 27.1. The van der Waals surface area contributed by atoms with Crippen molar-refractivity contribution in [3.63, 3.8) is 0 Å². The van der Waals surface area contributed by atoms with Crippen LogP contribution >= 0.6 is 0 Å². The molecular formula is C27H39N5O6. The maximum atomic E-state index is 14.1. The standard InChI is InChI=1S/C27H39N5O6/c1-3-10-31(21-17-20(18-30(19-21)27(35)36)25(33)29-12-15-38-16-13-29)26(34)24-28-22-8-4-5-9-23(22)32(24)11-6-7-14-37-2/h4-5,8-9,20-21H,3,6-7,10-19H2,1-2H3,(H,35,36)/t20-,21+/m1/s1. The number of piperidine rings is 1. The number of carbonyl (C=O) groups is 3. The van der Waals surface area contributed by atoms with Crippen LogP contribution in [0.5, 0.6) is 0 Å². The van der Waals surface area contributed by atoms with Gasteiger partial charge < -0.3 is 33.8 Å². The smallest absolute Gasteiger partial charge is 0.407 e. The number of methoxy groups -OCH3 is 1. The first kappa shape index (κ1) is 27.8. The fourth-order valence-electron chi connectivity index (χ4n) is 5.48. The van der Waals surface area contributed by atoms with Crippen molar-refractivity contribution >= 4 is 28.9 Å². The molecule has 2 aliphatic rings. The number of rotatable bonds is 10. The summed E-state index contributed by atoms with van der Waals surface area (Å²) in [6.07, 6.45) is 1.72. The third kappa shape index (κ3) is 6.27. The first-order valence-corrected chi connectivity index (χ1v) is 13.5. The lowest BCUT2D eigenvalue weighted by Crippen LogP contribution is -2.57. The molecule has 0 unspecified atom stereocenters. The van der Waals surface area contributed by atoms with Crippen molar-refractivity contribution in [3.05, 3.63) is 30.1 Å². The van der Waals surface area contributed by atoms with Crippen LogP contribution in [0.3, 0.4) is 0 Å². The minimum absolute atomic E-state index is 0.0708. The number of hydrogen-bond donors (Lipinski definition) is 1. The average molecular weight is 530 g/mol. The van der Waals surface area contributed by atoms with Crippen LogP contribution in [0.2, 0.25) is 0 Å². The van der Waals surface area contributed by atoms with E-state index >= 15 is 0 Å². The molecule has 3 heterocycles. The summed E-state index contributed by atoms with van der Waals surface area (Å²) in [6.45, 7) is 5.95. The number of fused-ring (bicyclic) bond motifs is 1. The van der Waals surface area contributed by atoms with Gasteiger partial charge in [-0.15, -0.1) is 0 Å². The molecule has 11 heteroatoms. The summed E-state index contributed by atoms with van der Waals surface area (Å²) in [7, 11) is 1.67. The largest absolute Gasteiger partial charge is 0.465 e. The highest BCUT2D eigenvalue weighted by molar-refractivity contribution is 5.95. The number of likely N-dealkylation sites (tertiary alicyclic amines) is 1. The van der Waals surface area contributed by atoms with Gasteiger partial charge in [0, 0.05) is 53.0 Å². The number of hydrogen-bond acceptors (Lipinski definition) is 6. The summed E-state index contributed by atoms with van der Waals surface area (Å²) in [4.78, 5) is 49.0. The molecule has 0 bridgehead atoms. The lowest BCUT2D eigenvalue weighted by molar-refractivity contribution is -0.142. The summed E-state index contributed by atoms with van der Waals surface area (Å²) >= 11 is 0. The molecule has 2 saturated heterocycles. The predicted octanol–water partition coefficient (Wildman–Crippen LogP) is 2.54. The van der Waals surface area contributed by atoms with Crippen LogP contribution in [-0.4, -0.2) is 113 Å². The lowest BCUT2D eigenvalue weighted by atomic mass is 9.91. The molecule has 1 aromatic heterocycles. The second kappa shape index (κ2) is 13.1. The van der Waals surface area contributed by atoms with Gasteiger partial charge in [0.15, 0.2) is 5.82 Å². The Kier molecular flexibility index (Phi) is 9.57. The molecular weight excluding hydrogens is 490 g/mol. The molecule has 0 aliphatic carbocycles. The molecule has 2 aromatic rings. The van der Waals surface area contributed by atoms with Gasteiger partial charge in [0.25, 0.3) is 5.91 Å². The van der Waals surface area contributed by atoms with Gasteiger partial charge in [0.1, 0.15) is 0 Å². The van der Waals surface area contributed by atoms with E-state index in [1.807, 2.05) is 35.8 Å². The van der Waals surface area contributed by atoms with Gasteiger partial charge in [-0.05, 0) is 37.8 Å². The van der Waals surface area contributed by atoms with E-state index in [0.29, 0.717) is 64.7 Å². The summed E-state index contributed by atoms with van der Waals surface area (Å²) in [5.41, 5.74) is 1.64. The highest BCUT2D eigenvalue weighted by atomic mass is 16.5. The molecule has 2 fully saturated rings. The lowest BCUT2D eigenvalue weighted by Gasteiger charge is -2.42. The van der Waals surface area contributed by atoms with Crippen LogP contribution in [-0.2, 0) is 20.8 Å². The van der Waals surface area contributed by atoms with E-state index in [-0.39, 0.29) is 24.9 Å². The molecule has 0 radical (unpaired) electrons. The normalized spacial score (nSPS) is 20.1. The molecule has 2 atom stereocenters. The van der Waals surface area contributed by atoms with E-state index in [9.17, 15) is 19.5 Å². The highest BCUT2D eigenvalue weighted by Crippen LogP contribution is 2.26. The van der Waals surface area contributed by atoms with Crippen LogP contribution in [0.4, 0.5) is 4.79 Å². The quantitative estimate of drug-likeness (QED) is 0.470. The monoisotopic (exact) mass is 529 g/mol. The SMILES string of the molecule is CCCN(C(=O)c1nc2ccccc2n1CCCCOC)[C@H]1C[C@@H](C(=O)N2CCOCC2)CN(C(=O)O)C1. The van der Waals surface area contributed by atoms with Gasteiger partial charge >= 0.3 is 6.09 Å². The Balaban J connectivity index is 1.62. The molecule has 2 aliphatic heterocycles. The number of aromatic nitrogens is 2. The van der Waals surface area contributed by atoms with Crippen LogP contribution in [0, 0.1) is 5.92 Å². The Labute approximate surface area is 223 Å². The highest BCUT2D eigenvalue weighted by Gasteiger charge is 2.40. The Morgan fingerprint density at radius 1 is 1.13 bits per heavy atom. The zero-order valence-corrected chi connectivity index (χ0v) is 22.4. The van der Waals surface area contributed by atoms with Crippen molar-refractivity contribution in [2.45, 2.75) is 45.2 Å². The summed E-state index contributed by atoms with van der Waals surface area (Å²) < 4.78 is 12.5. The predicted molar refractivity (Wildman–Crippen MR) is 141 cm³/mol. The maximum absolute atomic E-state index is 14.1. The van der Waals surface area contributed by atoms with Gasteiger partial charge in [-0.3, -0.25) is 9.59 Å². The van der Waals surface area contributed by atoms with E-state index < -0.39 is 18.1 Å². The number of carbonyl (C=O) groups excluding carboxylic acids is 2. The molecule has 11 nitrogen and oxygen atoms in total. The van der Waals surface area contributed by atoms with Gasteiger partial charge in [0.05, 0.1) is 36.2 Å². The van der Waals surface area contributed by atoms with E-state index in [1.165, 1.54) is 4.90 Å². The van der Waals surface area contributed by atoms with Crippen LogP contribution in [0.25, 0.3) is 11.0 Å². The van der Waals surface area contributed by atoms with Gasteiger partial charge in [-0.25, -0.2) is 9.78 Å². The first-order chi connectivity index (χ1) is 18.4. The number of nitrogens with zero attached hydrogens (tertiary/aromatic N) is 5. The minimum Gasteiger partial charge on any atom is -0.465 e. The van der Waals surface area contributed by atoms with E-state index in [4.69, 9.17) is 14.5 Å². The molecule has 4 rings (SSSR count). The van der Waals surface area contributed by atoms with Crippen molar-refractivity contribution < 1.29 is 29.0 Å². The number of para-hydroxylation sites is 2. The Bertz CT molecular complexity index is 1110. The first-order valence-electron chi connectivity index (χ1n) is 13.5. The number of imidazole rings is 1. The molecule has 38 heavy (non-hydrogen) atoms. The van der Waals surface area contributed by atoms with E-state index in [1.54, 1.807) is 16.9 Å². The average Bonchev–Trinajstić information content (AvgIpc) is 3.32. The van der Waals surface area contributed by atoms with Crippen molar-refractivity contribution in [3.8, 4) is 0 Å². The van der Waals surface area contributed by atoms with Crippen molar-refractivity contribution in [1.29, 1.82) is 0 Å². The number of benzene rings is 1. The number of morpholine rings is 1. The third-order valence-electron chi connectivity index (χ3n) is 7.36. The molecule has 3 amide bonds. The second-order valence-electron chi connectivity index (χ2n) is 9.99. The number of unbranched alkanes of at least 4 members (excludes halogenated alkanes) is 1. The van der Waals surface area contributed by atoms with Crippen LogP contribution in [0.15, 0.2) is 24.3 Å². The maximum Gasteiger partial charge on any atom is 0.407 e. The van der Waals surface area contributed by atoms with Gasteiger partial charge in [-0.1, -0.05) is 19.1 Å². The van der Waals surface area contributed by atoms with Crippen molar-refractivity contribution in [1.82, 2.24) is 24.3 Å². The number of aryl methyl sites for hydroxylation is 1. The van der Waals surface area contributed by atoms with Crippen LogP contribution < -0.4 is 0 Å². The topological polar surface area (TPSA) is 117 Å². The van der Waals surface area contributed by atoms with E-state index in [0.717, 1.165) is 23.9 Å². The Morgan fingerprint density at radius 3 is 2.61 bits per heavy atom. The Morgan fingerprint density at radius 2 is 1.89 bits per heavy atom. The summed E-state index contributed by atoms with van der Waals surface area (Å²) in [6, 6.07) is 7.26. The van der Waals surface area contributed by atoms with E-state index in [2.05, 4.69) is 0 Å². The second-order valence-corrected chi connectivity index (χ2v) is 9.99. The number of amides is 3. The molecule has 0 spiro atoms. The zero-order valence-electron chi connectivity index (χ0n) is 22.4. The third-order valence-corrected chi connectivity index (χ3v) is 7.36. The minimum atomic E-state index is -1.08. The Hall–Kier alpha value is -3.18. The molecule has 208 valence electrons. The van der Waals surface area contributed by atoms with Crippen LogP contribution in [0.1, 0.15) is 43.2 Å². The summed E-state index contributed by atoms with van der Waals surface area (Å²) in [5.74, 6) is -0.466. The summed E-state index contributed by atoms with van der Waals surface area (Å²) in [5, 5.41) is 9.86. The fraction of sp³-hybridized carbons (Fsp3) is 0.630. The van der Waals surface area contributed by atoms with Crippen molar-refractivity contribution in [2.75, 3.05) is 59.7 Å². The number of carboxylic acid groups (broad SMARTS) is 1. The van der Waals surface area contributed by atoms with Gasteiger partial charge in [0.2, 0.25) is 5.91 Å². The van der Waals surface area contributed by atoms with Gasteiger partial charge in [-0.2, -0.15) is 0 Å². The molecule has 1 aromatic carbocycles. The van der Waals surface area contributed by atoms with Crippen molar-refractivity contribution in [2.24, 2.45) is 5.92 Å². The fourth-order valence-corrected chi connectivity index (χ4v) is 5.48. The molecule has 1 N–H and O–H groups in total. The number of ether oxygens (including phenoxy) is 2. The molecule has 0 saturated carbocycles.